The highest BCUT2D eigenvalue weighted by Crippen LogP contribution is 2.33. The monoisotopic (exact) mass is 238 g/mol. The van der Waals surface area contributed by atoms with Crippen molar-refractivity contribution >= 4 is 15.7 Å². The zero-order valence-corrected chi connectivity index (χ0v) is 9.70. The van der Waals surface area contributed by atoms with Crippen molar-refractivity contribution in [3.63, 3.8) is 0 Å². The Balaban J connectivity index is 2.17. The fraction of sp³-hybridized carbons (Fsp3) is 0.455. The lowest BCUT2D eigenvalue weighted by Gasteiger charge is -2.20. The van der Waals surface area contributed by atoms with Crippen LogP contribution in [0.3, 0.4) is 0 Å². The van der Waals surface area contributed by atoms with Crippen LogP contribution in [0.15, 0.2) is 29.2 Å². The minimum absolute atomic E-state index is 0.123. The molecule has 2 aliphatic rings. The topological polar surface area (TPSA) is 49.4 Å². The lowest BCUT2D eigenvalue weighted by molar-refractivity contribution is 0.403. The molecule has 86 valence electrons. The highest BCUT2D eigenvalue weighted by molar-refractivity contribution is 7.89. The summed E-state index contributed by atoms with van der Waals surface area (Å²) in [5, 5.41) is 3.23. The molecule has 0 spiro atoms. The van der Waals surface area contributed by atoms with E-state index < -0.39 is 10.0 Å². The van der Waals surface area contributed by atoms with Crippen LogP contribution in [0.4, 0.5) is 5.69 Å². The molecule has 1 aromatic rings. The SMILES string of the molecule is O=S1(=O)c2ccccc2NC[C@H]2CCCN21. The van der Waals surface area contributed by atoms with Gasteiger partial charge in [-0.2, -0.15) is 4.31 Å². The van der Waals surface area contributed by atoms with Gasteiger partial charge in [0.25, 0.3) is 0 Å². The van der Waals surface area contributed by atoms with Crippen LogP contribution < -0.4 is 5.32 Å². The number of sulfonamides is 1. The van der Waals surface area contributed by atoms with Crippen molar-refractivity contribution in [2.24, 2.45) is 0 Å². The van der Waals surface area contributed by atoms with Gasteiger partial charge in [-0.25, -0.2) is 8.42 Å². The number of hydrogen-bond donors (Lipinski definition) is 1. The normalized spacial score (nSPS) is 27.6. The molecule has 4 nitrogen and oxygen atoms in total. The van der Waals surface area contributed by atoms with E-state index >= 15 is 0 Å². The number of rotatable bonds is 0. The van der Waals surface area contributed by atoms with Gasteiger partial charge in [0.15, 0.2) is 0 Å². The van der Waals surface area contributed by atoms with Gasteiger partial charge in [-0.3, -0.25) is 0 Å². The molecule has 0 aromatic heterocycles. The molecule has 1 aromatic carbocycles. The van der Waals surface area contributed by atoms with Crippen molar-refractivity contribution in [2.75, 3.05) is 18.4 Å². The molecule has 0 bridgehead atoms. The number of nitrogens with one attached hydrogen (secondary N) is 1. The van der Waals surface area contributed by atoms with E-state index in [1.807, 2.05) is 12.1 Å². The van der Waals surface area contributed by atoms with Gasteiger partial charge in [-0.1, -0.05) is 12.1 Å². The number of anilines is 1. The molecule has 0 radical (unpaired) electrons. The molecule has 3 rings (SSSR count). The van der Waals surface area contributed by atoms with Gasteiger partial charge >= 0.3 is 0 Å². The number of hydrogen-bond acceptors (Lipinski definition) is 3. The largest absolute Gasteiger partial charge is 0.382 e. The molecule has 2 heterocycles. The maximum Gasteiger partial charge on any atom is 0.245 e. The minimum Gasteiger partial charge on any atom is -0.382 e. The van der Waals surface area contributed by atoms with Crippen molar-refractivity contribution < 1.29 is 8.42 Å². The Morgan fingerprint density at radius 1 is 1.31 bits per heavy atom. The van der Waals surface area contributed by atoms with Crippen molar-refractivity contribution in [3.05, 3.63) is 24.3 Å². The number of para-hydroxylation sites is 1. The van der Waals surface area contributed by atoms with E-state index in [4.69, 9.17) is 0 Å². The number of fused-ring (bicyclic) bond motifs is 2. The smallest absolute Gasteiger partial charge is 0.245 e. The van der Waals surface area contributed by atoms with Gasteiger partial charge in [0.05, 0.1) is 5.69 Å². The van der Waals surface area contributed by atoms with E-state index in [1.54, 1.807) is 16.4 Å². The second-order valence-corrected chi connectivity index (χ2v) is 6.15. The third kappa shape index (κ3) is 1.35. The average molecular weight is 238 g/mol. The first kappa shape index (κ1) is 10.1. The molecule has 1 fully saturated rings. The van der Waals surface area contributed by atoms with E-state index in [9.17, 15) is 8.42 Å². The summed E-state index contributed by atoms with van der Waals surface area (Å²) in [6.45, 7) is 1.37. The summed E-state index contributed by atoms with van der Waals surface area (Å²) in [5.74, 6) is 0. The summed E-state index contributed by atoms with van der Waals surface area (Å²) in [4.78, 5) is 0.416. The molecule has 0 amide bonds. The summed E-state index contributed by atoms with van der Waals surface area (Å²) in [5.41, 5.74) is 0.733. The van der Waals surface area contributed by atoms with Crippen LogP contribution in [0.5, 0.6) is 0 Å². The Morgan fingerprint density at radius 2 is 2.12 bits per heavy atom. The lowest BCUT2D eigenvalue weighted by atomic mass is 10.2. The fourth-order valence-corrected chi connectivity index (χ4v) is 4.38. The first-order chi connectivity index (χ1) is 7.69. The first-order valence-corrected chi connectivity index (χ1v) is 6.98. The molecule has 0 unspecified atom stereocenters. The Morgan fingerprint density at radius 3 is 3.00 bits per heavy atom. The van der Waals surface area contributed by atoms with Crippen molar-refractivity contribution in [3.8, 4) is 0 Å². The van der Waals surface area contributed by atoms with E-state index in [0.29, 0.717) is 11.4 Å². The predicted octanol–water partition coefficient (Wildman–Crippen LogP) is 1.27. The highest BCUT2D eigenvalue weighted by atomic mass is 32.2. The highest BCUT2D eigenvalue weighted by Gasteiger charge is 2.38. The van der Waals surface area contributed by atoms with E-state index in [2.05, 4.69) is 5.32 Å². The third-order valence-corrected chi connectivity index (χ3v) is 5.33. The Labute approximate surface area is 95.3 Å². The molecule has 0 aliphatic carbocycles. The molecular formula is C11H14N2O2S. The van der Waals surface area contributed by atoms with Crippen LogP contribution in [-0.2, 0) is 10.0 Å². The van der Waals surface area contributed by atoms with Crippen LogP contribution in [0.1, 0.15) is 12.8 Å². The van der Waals surface area contributed by atoms with Gasteiger partial charge in [-0.05, 0) is 25.0 Å². The molecular weight excluding hydrogens is 224 g/mol. The number of benzene rings is 1. The summed E-state index contributed by atoms with van der Waals surface area (Å²) in [6.07, 6.45) is 1.92. The summed E-state index contributed by atoms with van der Waals surface area (Å²) >= 11 is 0. The van der Waals surface area contributed by atoms with Crippen LogP contribution >= 0.6 is 0 Å². The predicted molar refractivity (Wildman–Crippen MR) is 61.8 cm³/mol. The van der Waals surface area contributed by atoms with Crippen molar-refractivity contribution in [2.45, 2.75) is 23.8 Å². The maximum atomic E-state index is 12.4. The van der Waals surface area contributed by atoms with Crippen LogP contribution in [0.2, 0.25) is 0 Å². The molecule has 16 heavy (non-hydrogen) atoms. The van der Waals surface area contributed by atoms with Crippen molar-refractivity contribution in [1.29, 1.82) is 0 Å². The molecule has 2 aliphatic heterocycles. The molecule has 1 saturated heterocycles. The third-order valence-electron chi connectivity index (χ3n) is 3.32. The quantitative estimate of drug-likeness (QED) is 0.740. The minimum atomic E-state index is -3.29. The van der Waals surface area contributed by atoms with Crippen molar-refractivity contribution in [1.82, 2.24) is 4.31 Å². The van der Waals surface area contributed by atoms with Gasteiger partial charge in [0, 0.05) is 19.1 Å². The number of nitrogens with zero attached hydrogens (tertiary/aromatic N) is 1. The van der Waals surface area contributed by atoms with Crippen LogP contribution in [0, 0.1) is 0 Å². The second kappa shape index (κ2) is 3.46. The van der Waals surface area contributed by atoms with Gasteiger partial charge in [-0.15, -0.1) is 0 Å². The molecule has 1 atom stereocenters. The zero-order chi connectivity index (χ0) is 11.2. The van der Waals surface area contributed by atoms with Gasteiger partial charge in [0.2, 0.25) is 10.0 Å². The van der Waals surface area contributed by atoms with Gasteiger partial charge < -0.3 is 5.32 Å². The Hall–Kier alpha value is -1.07. The van der Waals surface area contributed by atoms with E-state index in [1.165, 1.54) is 0 Å². The van der Waals surface area contributed by atoms with E-state index in [-0.39, 0.29) is 6.04 Å². The average Bonchev–Trinajstić information content (AvgIpc) is 2.72. The summed E-state index contributed by atoms with van der Waals surface area (Å²) in [6, 6.07) is 7.26. The lowest BCUT2D eigenvalue weighted by Crippen LogP contribution is -2.36. The maximum absolute atomic E-state index is 12.4. The summed E-state index contributed by atoms with van der Waals surface area (Å²) in [7, 11) is -3.29. The van der Waals surface area contributed by atoms with E-state index in [0.717, 1.165) is 25.1 Å². The standard InChI is InChI=1S/C11H14N2O2S/c14-16(15)11-6-2-1-5-10(11)12-8-9-4-3-7-13(9)16/h1-2,5-6,9,12H,3-4,7-8H2/t9-/m1/s1. The Kier molecular flexibility index (Phi) is 2.19. The molecule has 1 N–H and O–H groups in total. The summed E-state index contributed by atoms with van der Waals surface area (Å²) < 4.78 is 26.4. The van der Waals surface area contributed by atoms with Gasteiger partial charge in [0.1, 0.15) is 4.90 Å². The van der Waals surface area contributed by atoms with Crippen LogP contribution in [0.25, 0.3) is 0 Å². The zero-order valence-electron chi connectivity index (χ0n) is 8.89. The fourth-order valence-electron chi connectivity index (χ4n) is 2.52. The Bertz CT molecular complexity index is 512. The van der Waals surface area contributed by atoms with Crippen LogP contribution in [-0.4, -0.2) is 31.9 Å². The molecule has 0 saturated carbocycles. The molecule has 5 heteroatoms. The second-order valence-electron chi connectivity index (χ2n) is 4.29. The first-order valence-electron chi connectivity index (χ1n) is 5.54.